The Labute approximate surface area is 206 Å². The predicted octanol–water partition coefficient (Wildman–Crippen LogP) is 4.80. The van der Waals surface area contributed by atoms with Gasteiger partial charge in [0.25, 0.3) is 0 Å². The molecule has 0 bridgehead atoms. The summed E-state index contributed by atoms with van der Waals surface area (Å²) in [5, 5.41) is 12.4. The molecule has 3 atom stereocenters. The molecule has 0 aromatic heterocycles. The van der Waals surface area contributed by atoms with E-state index in [4.69, 9.17) is 4.74 Å². The molecule has 2 N–H and O–H groups in total. The molecular weight excluding hydrogens is 444 g/mol. The summed E-state index contributed by atoms with van der Waals surface area (Å²) < 4.78 is 5.71. The van der Waals surface area contributed by atoms with Crippen LogP contribution in [-0.2, 0) is 14.3 Å². The molecule has 2 aromatic rings. The second kappa shape index (κ2) is 10.9. The summed E-state index contributed by atoms with van der Waals surface area (Å²) in [5.41, 5.74) is 4.68. The maximum Gasteiger partial charge on any atom is 0.407 e. The number of carbonyl (C=O) groups is 3. The van der Waals surface area contributed by atoms with Crippen LogP contribution < -0.4 is 5.32 Å². The zero-order valence-electron chi connectivity index (χ0n) is 20.4. The van der Waals surface area contributed by atoms with E-state index in [2.05, 4.69) is 29.6 Å². The third kappa shape index (κ3) is 5.34. The van der Waals surface area contributed by atoms with E-state index in [1.54, 1.807) is 14.0 Å². The molecule has 0 radical (unpaired) electrons. The van der Waals surface area contributed by atoms with Gasteiger partial charge in [-0.2, -0.15) is 0 Å². The van der Waals surface area contributed by atoms with Crippen molar-refractivity contribution < 1.29 is 24.2 Å². The molecular formula is C28H34N2O5. The fourth-order valence-corrected chi connectivity index (χ4v) is 5.59. The van der Waals surface area contributed by atoms with Crippen molar-refractivity contribution in [2.75, 3.05) is 13.7 Å². The average Bonchev–Trinajstić information content (AvgIpc) is 3.18. The number of benzene rings is 2. The quantitative estimate of drug-likeness (QED) is 0.568. The molecule has 2 aromatic carbocycles. The zero-order chi connectivity index (χ0) is 24.9. The first kappa shape index (κ1) is 24.8. The first-order chi connectivity index (χ1) is 16.9. The molecule has 2 aliphatic rings. The Morgan fingerprint density at radius 3 is 2.23 bits per heavy atom. The number of carboxylic acid groups (broad SMARTS) is 1. The Morgan fingerprint density at radius 1 is 1.03 bits per heavy atom. The summed E-state index contributed by atoms with van der Waals surface area (Å²) >= 11 is 0. The second-order valence-electron chi connectivity index (χ2n) is 9.59. The van der Waals surface area contributed by atoms with Crippen LogP contribution >= 0.6 is 0 Å². The molecule has 1 fully saturated rings. The van der Waals surface area contributed by atoms with Gasteiger partial charge < -0.3 is 20.1 Å². The van der Waals surface area contributed by atoms with Crippen molar-refractivity contribution >= 4 is 18.0 Å². The molecule has 35 heavy (non-hydrogen) atoms. The van der Waals surface area contributed by atoms with E-state index in [1.165, 1.54) is 16.0 Å². The predicted molar refractivity (Wildman–Crippen MR) is 133 cm³/mol. The van der Waals surface area contributed by atoms with Crippen LogP contribution in [-0.4, -0.2) is 53.7 Å². The zero-order valence-corrected chi connectivity index (χ0v) is 20.4. The average molecular weight is 479 g/mol. The highest BCUT2D eigenvalue weighted by molar-refractivity contribution is 5.83. The Bertz CT molecular complexity index is 1040. The van der Waals surface area contributed by atoms with Gasteiger partial charge in [0.2, 0.25) is 5.91 Å². The van der Waals surface area contributed by atoms with Crippen LogP contribution in [0.1, 0.15) is 62.5 Å². The van der Waals surface area contributed by atoms with Crippen LogP contribution in [0.15, 0.2) is 48.5 Å². The van der Waals surface area contributed by atoms with E-state index in [9.17, 15) is 19.5 Å². The molecule has 1 unspecified atom stereocenters. The van der Waals surface area contributed by atoms with Crippen molar-refractivity contribution in [3.63, 3.8) is 0 Å². The second-order valence-corrected chi connectivity index (χ2v) is 9.59. The number of ether oxygens (including phenoxy) is 1. The van der Waals surface area contributed by atoms with Gasteiger partial charge in [-0.15, -0.1) is 0 Å². The molecule has 2 amide bonds. The highest BCUT2D eigenvalue weighted by Crippen LogP contribution is 2.44. The van der Waals surface area contributed by atoms with Crippen molar-refractivity contribution in [3.8, 4) is 11.1 Å². The first-order valence-electron chi connectivity index (χ1n) is 12.5. The molecule has 1 saturated carbocycles. The Kier molecular flexibility index (Phi) is 7.73. The van der Waals surface area contributed by atoms with Gasteiger partial charge in [-0.3, -0.25) is 4.79 Å². The van der Waals surface area contributed by atoms with Gasteiger partial charge in [-0.1, -0.05) is 68.3 Å². The number of nitrogens with zero attached hydrogens (tertiary/aromatic N) is 1. The Hall–Kier alpha value is -3.35. The molecule has 0 heterocycles. The topological polar surface area (TPSA) is 95.9 Å². The number of hydrogen-bond acceptors (Lipinski definition) is 4. The first-order valence-corrected chi connectivity index (χ1v) is 12.5. The van der Waals surface area contributed by atoms with Gasteiger partial charge in [0, 0.05) is 25.4 Å². The lowest BCUT2D eigenvalue weighted by Gasteiger charge is -2.33. The van der Waals surface area contributed by atoms with Crippen molar-refractivity contribution in [3.05, 3.63) is 59.7 Å². The van der Waals surface area contributed by atoms with E-state index >= 15 is 0 Å². The maximum absolute atomic E-state index is 12.8. The molecule has 2 aliphatic carbocycles. The molecule has 186 valence electrons. The fraction of sp³-hybridized carbons (Fsp3) is 0.464. The monoisotopic (exact) mass is 478 g/mol. The third-order valence-electron chi connectivity index (χ3n) is 7.53. The minimum Gasteiger partial charge on any atom is -0.480 e. The Balaban J connectivity index is 1.37. The van der Waals surface area contributed by atoms with Gasteiger partial charge in [0.05, 0.1) is 0 Å². The number of fused-ring (bicyclic) bond motifs is 3. The largest absolute Gasteiger partial charge is 0.480 e. The smallest absolute Gasteiger partial charge is 0.407 e. The molecule has 0 saturated heterocycles. The fourth-order valence-electron chi connectivity index (χ4n) is 5.59. The standard InChI is InChI=1S/C28H34N2O5/c1-3-25(27(32)33)30(2)26(31)16-18-10-4-9-15-24(18)29-28(34)35-17-23-21-13-7-5-11-19(21)20-12-6-8-14-22(20)23/h5-8,11-14,18,23-25H,3-4,9-10,15-17H2,1-2H3,(H,29,34)(H,32,33)/t18-,24-,25?/m1/s1. The summed E-state index contributed by atoms with van der Waals surface area (Å²) in [6.07, 6.45) is 3.65. The number of likely N-dealkylation sites (N-methyl/N-ethyl adjacent to an activating group) is 1. The minimum absolute atomic E-state index is 0.00692. The third-order valence-corrected chi connectivity index (χ3v) is 7.53. The van der Waals surface area contributed by atoms with E-state index in [1.807, 2.05) is 24.3 Å². The van der Waals surface area contributed by atoms with Gasteiger partial charge in [0.15, 0.2) is 0 Å². The van der Waals surface area contributed by atoms with E-state index in [0.717, 1.165) is 36.8 Å². The van der Waals surface area contributed by atoms with E-state index in [0.29, 0.717) is 6.42 Å². The molecule has 4 rings (SSSR count). The number of aliphatic carboxylic acids is 1. The number of amides is 2. The number of carbonyl (C=O) groups excluding carboxylic acids is 2. The number of carboxylic acids is 1. The molecule has 0 spiro atoms. The molecule has 7 heteroatoms. The molecule has 0 aliphatic heterocycles. The van der Waals surface area contributed by atoms with Crippen LogP contribution in [0.3, 0.4) is 0 Å². The van der Waals surface area contributed by atoms with E-state index in [-0.39, 0.29) is 36.8 Å². The van der Waals surface area contributed by atoms with Crippen molar-refractivity contribution in [1.82, 2.24) is 10.2 Å². The van der Waals surface area contributed by atoms with Crippen LogP contribution in [0, 0.1) is 5.92 Å². The number of alkyl carbamates (subject to hydrolysis) is 1. The summed E-state index contributed by atoms with van der Waals surface area (Å²) in [4.78, 5) is 38.4. The SMILES string of the molecule is CCC(C(=O)O)N(C)C(=O)C[C@H]1CCCC[C@H]1NC(=O)OCC1c2ccccc2-c2ccccc21. The van der Waals surface area contributed by atoms with Gasteiger partial charge in [-0.05, 0) is 47.4 Å². The molecule has 7 nitrogen and oxygen atoms in total. The Morgan fingerprint density at radius 2 is 1.63 bits per heavy atom. The van der Waals surface area contributed by atoms with Crippen molar-refractivity contribution in [1.29, 1.82) is 0 Å². The van der Waals surface area contributed by atoms with Crippen LogP contribution in [0.5, 0.6) is 0 Å². The summed E-state index contributed by atoms with van der Waals surface area (Å²) in [7, 11) is 1.54. The van der Waals surface area contributed by atoms with Gasteiger partial charge in [0.1, 0.15) is 12.6 Å². The summed E-state index contributed by atoms with van der Waals surface area (Å²) in [5.74, 6) is -1.25. The number of rotatable bonds is 8. The summed E-state index contributed by atoms with van der Waals surface area (Å²) in [6, 6.07) is 15.4. The van der Waals surface area contributed by atoms with Gasteiger partial charge in [-0.25, -0.2) is 9.59 Å². The lowest BCUT2D eigenvalue weighted by molar-refractivity contribution is -0.149. The lowest BCUT2D eigenvalue weighted by atomic mass is 9.82. The summed E-state index contributed by atoms with van der Waals surface area (Å²) in [6.45, 7) is 2.00. The lowest BCUT2D eigenvalue weighted by Crippen LogP contribution is -2.47. The highest BCUT2D eigenvalue weighted by Gasteiger charge is 2.33. The number of nitrogens with one attached hydrogen (secondary N) is 1. The number of hydrogen-bond donors (Lipinski definition) is 2. The van der Waals surface area contributed by atoms with Crippen LogP contribution in [0.2, 0.25) is 0 Å². The van der Waals surface area contributed by atoms with Crippen LogP contribution in [0.4, 0.5) is 4.79 Å². The normalized spacial score (nSPS) is 19.8. The van der Waals surface area contributed by atoms with E-state index < -0.39 is 18.1 Å². The van der Waals surface area contributed by atoms with Crippen molar-refractivity contribution in [2.24, 2.45) is 5.92 Å². The van der Waals surface area contributed by atoms with Crippen molar-refractivity contribution in [2.45, 2.75) is 63.5 Å². The maximum atomic E-state index is 12.8. The van der Waals surface area contributed by atoms with Gasteiger partial charge >= 0.3 is 12.1 Å². The minimum atomic E-state index is -1.000. The van der Waals surface area contributed by atoms with Crippen LogP contribution in [0.25, 0.3) is 11.1 Å². The highest BCUT2D eigenvalue weighted by atomic mass is 16.5.